The SMILES string of the molecule is O=C(NC[C@H](CO)NS(=O)(=O)c1ccc2ccccc2c1)C(=O)c1ccccc1. The Balaban J connectivity index is 1.66. The fourth-order valence-electron chi connectivity index (χ4n) is 2.78. The molecule has 0 unspecified atom stereocenters. The number of rotatable bonds is 8. The van der Waals surface area contributed by atoms with Gasteiger partial charge in [0.05, 0.1) is 17.5 Å². The third kappa shape index (κ3) is 5.05. The Bertz CT molecular complexity index is 1130. The van der Waals surface area contributed by atoms with Gasteiger partial charge in [0, 0.05) is 12.1 Å². The number of sulfonamides is 1. The van der Waals surface area contributed by atoms with Crippen LogP contribution in [-0.4, -0.2) is 44.4 Å². The minimum atomic E-state index is -3.93. The summed E-state index contributed by atoms with van der Waals surface area (Å²) in [4.78, 5) is 24.1. The van der Waals surface area contributed by atoms with E-state index in [-0.39, 0.29) is 17.0 Å². The summed E-state index contributed by atoms with van der Waals surface area (Å²) in [7, 11) is -3.93. The molecule has 0 spiro atoms. The fraction of sp³-hybridized carbons (Fsp3) is 0.143. The molecule has 0 bridgehead atoms. The van der Waals surface area contributed by atoms with E-state index in [4.69, 9.17) is 0 Å². The second-order valence-electron chi connectivity index (χ2n) is 6.41. The lowest BCUT2D eigenvalue weighted by molar-refractivity contribution is -0.117. The highest BCUT2D eigenvalue weighted by Crippen LogP contribution is 2.19. The van der Waals surface area contributed by atoms with Crippen LogP contribution >= 0.6 is 0 Å². The van der Waals surface area contributed by atoms with Crippen molar-refractivity contribution in [1.82, 2.24) is 10.0 Å². The average molecular weight is 412 g/mol. The lowest BCUT2D eigenvalue weighted by Crippen LogP contribution is -2.47. The lowest BCUT2D eigenvalue weighted by Gasteiger charge is -2.17. The van der Waals surface area contributed by atoms with Gasteiger partial charge in [-0.1, -0.05) is 60.7 Å². The molecule has 0 aliphatic heterocycles. The number of aliphatic hydroxyl groups excluding tert-OH is 1. The number of aliphatic hydroxyl groups is 1. The zero-order chi connectivity index (χ0) is 20.9. The van der Waals surface area contributed by atoms with Crippen LogP contribution in [-0.2, 0) is 14.8 Å². The number of amides is 1. The van der Waals surface area contributed by atoms with Crippen molar-refractivity contribution in [2.24, 2.45) is 0 Å². The molecule has 0 aliphatic carbocycles. The van der Waals surface area contributed by atoms with Crippen LogP contribution in [0.25, 0.3) is 10.8 Å². The van der Waals surface area contributed by atoms with Crippen LogP contribution in [0.3, 0.4) is 0 Å². The van der Waals surface area contributed by atoms with Crippen LogP contribution in [0.4, 0.5) is 0 Å². The van der Waals surface area contributed by atoms with E-state index in [0.717, 1.165) is 10.8 Å². The number of nitrogens with one attached hydrogen (secondary N) is 2. The van der Waals surface area contributed by atoms with Gasteiger partial charge in [-0.15, -0.1) is 0 Å². The van der Waals surface area contributed by atoms with E-state index in [1.807, 2.05) is 18.2 Å². The lowest BCUT2D eigenvalue weighted by atomic mass is 10.1. The van der Waals surface area contributed by atoms with Crippen LogP contribution in [0.5, 0.6) is 0 Å². The molecule has 3 N–H and O–H groups in total. The monoisotopic (exact) mass is 412 g/mol. The van der Waals surface area contributed by atoms with E-state index < -0.39 is 34.4 Å². The molecule has 3 aromatic rings. The summed E-state index contributed by atoms with van der Waals surface area (Å²) in [5.41, 5.74) is 0.224. The standard InChI is InChI=1S/C21H20N2O5S/c24-14-18(13-22-21(26)20(25)16-7-2-1-3-8-16)23-29(27,28)19-11-10-15-6-4-5-9-17(15)12-19/h1-12,18,23-24H,13-14H2,(H,22,26)/t18-/m1/s1. The second-order valence-corrected chi connectivity index (χ2v) is 8.13. The van der Waals surface area contributed by atoms with Crippen LogP contribution in [0.15, 0.2) is 77.7 Å². The predicted molar refractivity (Wildman–Crippen MR) is 109 cm³/mol. The van der Waals surface area contributed by atoms with E-state index in [1.165, 1.54) is 24.3 Å². The molecule has 150 valence electrons. The highest BCUT2D eigenvalue weighted by molar-refractivity contribution is 7.89. The molecule has 0 aromatic heterocycles. The second kappa shape index (κ2) is 8.95. The molecule has 3 rings (SSSR count). The highest BCUT2D eigenvalue weighted by Gasteiger charge is 2.22. The number of hydrogen-bond acceptors (Lipinski definition) is 5. The molecule has 0 saturated heterocycles. The molecule has 7 nitrogen and oxygen atoms in total. The number of Topliss-reactive ketones (excluding diaryl/α,β-unsaturated/α-hetero) is 1. The smallest absolute Gasteiger partial charge is 0.292 e. The Labute approximate surface area is 168 Å². The number of hydrogen-bond donors (Lipinski definition) is 3. The highest BCUT2D eigenvalue weighted by atomic mass is 32.2. The molecule has 1 atom stereocenters. The van der Waals surface area contributed by atoms with Crippen molar-refractivity contribution >= 4 is 32.5 Å². The van der Waals surface area contributed by atoms with Gasteiger partial charge in [-0.05, 0) is 22.9 Å². The van der Waals surface area contributed by atoms with Crippen LogP contribution in [0, 0.1) is 0 Å². The Morgan fingerprint density at radius 2 is 1.55 bits per heavy atom. The molecule has 0 saturated carbocycles. The summed E-state index contributed by atoms with van der Waals surface area (Å²) >= 11 is 0. The molecule has 0 fully saturated rings. The first-order valence-electron chi connectivity index (χ1n) is 8.90. The minimum Gasteiger partial charge on any atom is -0.395 e. The van der Waals surface area contributed by atoms with Crippen LogP contribution < -0.4 is 10.0 Å². The van der Waals surface area contributed by atoms with Crippen molar-refractivity contribution in [1.29, 1.82) is 0 Å². The van der Waals surface area contributed by atoms with Crippen molar-refractivity contribution in [3.05, 3.63) is 78.4 Å². The fourth-order valence-corrected chi connectivity index (χ4v) is 4.04. The third-order valence-electron chi connectivity index (χ3n) is 4.32. The van der Waals surface area contributed by atoms with Crippen molar-refractivity contribution < 1.29 is 23.1 Å². The number of carbonyl (C=O) groups excluding carboxylic acids is 2. The summed E-state index contributed by atoms with van der Waals surface area (Å²) in [5.74, 6) is -1.61. The van der Waals surface area contributed by atoms with Gasteiger partial charge in [0.2, 0.25) is 15.8 Å². The van der Waals surface area contributed by atoms with Crippen LogP contribution in [0.2, 0.25) is 0 Å². The Morgan fingerprint density at radius 1 is 0.897 bits per heavy atom. The van der Waals surface area contributed by atoms with Crippen LogP contribution in [0.1, 0.15) is 10.4 Å². The first-order chi connectivity index (χ1) is 13.9. The third-order valence-corrected chi connectivity index (χ3v) is 5.84. The van der Waals surface area contributed by atoms with Gasteiger partial charge < -0.3 is 10.4 Å². The summed E-state index contributed by atoms with van der Waals surface area (Å²) in [5, 5.41) is 13.5. The zero-order valence-electron chi connectivity index (χ0n) is 15.4. The van der Waals surface area contributed by atoms with Gasteiger partial charge >= 0.3 is 0 Å². The van der Waals surface area contributed by atoms with Gasteiger partial charge in [0.25, 0.3) is 5.91 Å². The van der Waals surface area contributed by atoms with Crippen molar-refractivity contribution in [2.75, 3.05) is 13.2 Å². The van der Waals surface area contributed by atoms with Gasteiger partial charge in [-0.2, -0.15) is 0 Å². The van der Waals surface area contributed by atoms with Gasteiger partial charge in [-0.25, -0.2) is 13.1 Å². The van der Waals surface area contributed by atoms with Gasteiger partial charge in [-0.3, -0.25) is 9.59 Å². The average Bonchev–Trinajstić information content (AvgIpc) is 2.76. The molecular formula is C21H20N2O5S. The molecule has 0 aliphatic rings. The maximum Gasteiger partial charge on any atom is 0.292 e. The Kier molecular flexibility index (Phi) is 6.38. The molecular weight excluding hydrogens is 392 g/mol. The van der Waals surface area contributed by atoms with E-state index in [9.17, 15) is 23.1 Å². The first kappa shape index (κ1) is 20.7. The first-order valence-corrected chi connectivity index (χ1v) is 10.4. The predicted octanol–water partition coefficient (Wildman–Crippen LogP) is 1.48. The van der Waals surface area contributed by atoms with E-state index in [2.05, 4.69) is 10.0 Å². The molecule has 29 heavy (non-hydrogen) atoms. The van der Waals surface area contributed by atoms with E-state index in [1.54, 1.807) is 30.3 Å². The molecule has 8 heteroatoms. The van der Waals surface area contributed by atoms with Crippen molar-refractivity contribution in [3.63, 3.8) is 0 Å². The number of ketones is 1. The van der Waals surface area contributed by atoms with Crippen molar-refractivity contribution in [2.45, 2.75) is 10.9 Å². The maximum atomic E-state index is 12.6. The number of benzene rings is 3. The molecule has 1 amide bonds. The summed E-state index contributed by atoms with van der Waals surface area (Å²) in [6.45, 7) is -0.784. The largest absolute Gasteiger partial charge is 0.395 e. The topological polar surface area (TPSA) is 113 Å². The normalized spacial score (nSPS) is 12.4. The summed E-state index contributed by atoms with van der Waals surface area (Å²) in [6, 6.07) is 19.0. The molecule has 3 aromatic carbocycles. The van der Waals surface area contributed by atoms with Gasteiger partial charge in [0.15, 0.2) is 0 Å². The van der Waals surface area contributed by atoms with E-state index >= 15 is 0 Å². The number of carbonyl (C=O) groups is 2. The van der Waals surface area contributed by atoms with Crippen molar-refractivity contribution in [3.8, 4) is 0 Å². The Hall–Kier alpha value is -3.07. The minimum absolute atomic E-state index is 0.0429. The summed E-state index contributed by atoms with van der Waals surface area (Å²) < 4.78 is 27.6. The number of fused-ring (bicyclic) bond motifs is 1. The Morgan fingerprint density at radius 3 is 2.24 bits per heavy atom. The quantitative estimate of drug-likeness (QED) is 0.383. The molecule has 0 heterocycles. The maximum absolute atomic E-state index is 12.6. The zero-order valence-corrected chi connectivity index (χ0v) is 16.2. The molecule has 0 radical (unpaired) electrons. The summed E-state index contributed by atoms with van der Waals surface area (Å²) in [6.07, 6.45) is 0. The van der Waals surface area contributed by atoms with Gasteiger partial charge in [0.1, 0.15) is 0 Å². The van der Waals surface area contributed by atoms with E-state index in [0.29, 0.717) is 0 Å².